The van der Waals surface area contributed by atoms with E-state index in [2.05, 4.69) is 52.4 Å². The zero-order chi connectivity index (χ0) is 18.9. The number of nitrogens with one attached hydrogen (secondary N) is 2. The van der Waals surface area contributed by atoms with E-state index in [1.807, 2.05) is 24.3 Å². The maximum Gasteiger partial charge on any atom is 0.314 e. The molecule has 7 nitrogen and oxygen atoms in total. The Hall–Kier alpha value is -2.19. The summed E-state index contributed by atoms with van der Waals surface area (Å²) >= 11 is 3.52. The van der Waals surface area contributed by atoms with Crippen LogP contribution in [-0.4, -0.2) is 66.7 Å². The molecule has 0 bridgehead atoms. The zero-order valence-electron chi connectivity index (χ0n) is 15.3. The Kier molecular flexibility index (Phi) is 7.41. The van der Waals surface area contributed by atoms with Crippen LogP contribution in [0.2, 0.25) is 0 Å². The van der Waals surface area contributed by atoms with Gasteiger partial charge in [-0.05, 0) is 24.1 Å². The highest BCUT2D eigenvalue weighted by molar-refractivity contribution is 9.10. The number of piperazine rings is 1. The number of aromatic nitrogens is 2. The highest BCUT2D eigenvalue weighted by atomic mass is 79.9. The lowest BCUT2D eigenvalue weighted by Crippen LogP contribution is -2.49. The van der Waals surface area contributed by atoms with Crippen LogP contribution >= 0.6 is 15.9 Å². The zero-order valence-corrected chi connectivity index (χ0v) is 16.9. The van der Waals surface area contributed by atoms with Crippen LogP contribution in [0.25, 0.3) is 0 Å². The Morgan fingerprint density at radius 3 is 2.44 bits per heavy atom. The van der Waals surface area contributed by atoms with Crippen LogP contribution in [0.5, 0.6) is 0 Å². The van der Waals surface area contributed by atoms with Crippen LogP contribution in [0.3, 0.4) is 0 Å². The molecule has 0 radical (unpaired) electrons. The molecule has 2 amide bonds. The molecular formula is C19H25BrN6O. The van der Waals surface area contributed by atoms with Crippen molar-refractivity contribution in [2.45, 2.75) is 6.42 Å². The van der Waals surface area contributed by atoms with Crippen LogP contribution < -0.4 is 15.5 Å². The van der Waals surface area contributed by atoms with Crippen molar-refractivity contribution < 1.29 is 4.79 Å². The third-order valence-electron chi connectivity index (χ3n) is 4.56. The third kappa shape index (κ3) is 6.18. The summed E-state index contributed by atoms with van der Waals surface area (Å²) in [5.41, 5.74) is 1.19. The first-order chi connectivity index (χ1) is 13.2. The molecule has 1 aliphatic rings. The molecule has 1 saturated heterocycles. The molecule has 0 aliphatic carbocycles. The summed E-state index contributed by atoms with van der Waals surface area (Å²) in [6, 6.07) is 9.78. The van der Waals surface area contributed by atoms with Crippen LogP contribution in [0.4, 0.5) is 10.7 Å². The average molecular weight is 433 g/mol. The molecule has 3 rings (SSSR count). The fourth-order valence-electron chi connectivity index (χ4n) is 3.03. The molecular weight excluding hydrogens is 408 g/mol. The van der Waals surface area contributed by atoms with Gasteiger partial charge in [0.25, 0.3) is 0 Å². The lowest BCUT2D eigenvalue weighted by molar-refractivity contribution is 0.232. The number of amides is 2. The van der Waals surface area contributed by atoms with Gasteiger partial charge in [-0.25, -0.2) is 14.8 Å². The Bertz CT molecular complexity index is 721. The van der Waals surface area contributed by atoms with Gasteiger partial charge in [0.15, 0.2) is 0 Å². The molecule has 1 aromatic heterocycles. The van der Waals surface area contributed by atoms with Crippen molar-refractivity contribution in [2.24, 2.45) is 0 Å². The lowest BCUT2D eigenvalue weighted by Gasteiger charge is -2.34. The summed E-state index contributed by atoms with van der Waals surface area (Å²) in [5.74, 6) is 0.791. The smallest absolute Gasteiger partial charge is 0.314 e. The number of nitrogens with zero attached hydrogens (tertiary/aromatic N) is 4. The average Bonchev–Trinajstić information content (AvgIpc) is 2.71. The second-order valence-electron chi connectivity index (χ2n) is 6.40. The number of hydrogen-bond acceptors (Lipinski definition) is 5. The maximum absolute atomic E-state index is 11.9. The normalized spacial score (nSPS) is 14.8. The van der Waals surface area contributed by atoms with Crippen molar-refractivity contribution in [2.75, 3.05) is 50.7 Å². The summed E-state index contributed by atoms with van der Waals surface area (Å²) in [6.07, 6.45) is 4.35. The van der Waals surface area contributed by atoms with Gasteiger partial charge in [0, 0.05) is 62.7 Å². The third-order valence-corrected chi connectivity index (χ3v) is 5.33. The predicted molar refractivity (Wildman–Crippen MR) is 110 cm³/mol. The summed E-state index contributed by atoms with van der Waals surface area (Å²) in [5, 5.41) is 5.84. The molecule has 2 N–H and O–H groups in total. The van der Waals surface area contributed by atoms with Gasteiger partial charge in [-0.2, -0.15) is 0 Å². The molecule has 144 valence electrons. The first-order valence-electron chi connectivity index (χ1n) is 9.22. The first-order valence-corrected chi connectivity index (χ1v) is 10.0. The van der Waals surface area contributed by atoms with Gasteiger partial charge in [0.1, 0.15) is 0 Å². The number of hydrogen-bond donors (Lipinski definition) is 2. The number of rotatable bonds is 7. The van der Waals surface area contributed by atoms with Gasteiger partial charge in [-0.1, -0.05) is 34.1 Å². The standard InChI is InChI=1S/C19H25BrN6O/c20-17-5-2-1-4-16(17)6-9-23-19(27)24-10-11-25-12-14-26(15-13-25)18-21-7-3-8-22-18/h1-5,7-8H,6,9-15H2,(H2,23,24,27). The Labute approximate surface area is 168 Å². The van der Waals surface area contributed by atoms with E-state index in [4.69, 9.17) is 0 Å². The van der Waals surface area contributed by atoms with Gasteiger partial charge < -0.3 is 15.5 Å². The number of halogens is 1. The summed E-state index contributed by atoms with van der Waals surface area (Å²) < 4.78 is 1.08. The molecule has 27 heavy (non-hydrogen) atoms. The molecule has 0 unspecified atom stereocenters. The highest BCUT2D eigenvalue weighted by Crippen LogP contribution is 2.15. The molecule has 8 heteroatoms. The van der Waals surface area contributed by atoms with Crippen LogP contribution in [0, 0.1) is 0 Å². The van der Waals surface area contributed by atoms with E-state index in [1.54, 1.807) is 12.4 Å². The number of benzene rings is 1. The maximum atomic E-state index is 11.9. The monoisotopic (exact) mass is 432 g/mol. The van der Waals surface area contributed by atoms with Crippen molar-refractivity contribution in [1.82, 2.24) is 25.5 Å². The van der Waals surface area contributed by atoms with Crippen molar-refractivity contribution in [3.63, 3.8) is 0 Å². The number of carbonyl (C=O) groups excluding carboxylic acids is 1. The summed E-state index contributed by atoms with van der Waals surface area (Å²) in [4.78, 5) is 25.1. The summed E-state index contributed by atoms with van der Waals surface area (Å²) in [6.45, 7) is 5.81. The topological polar surface area (TPSA) is 73.4 Å². The Morgan fingerprint density at radius 1 is 1.00 bits per heavy atom. The van der Waals surface area contributed by atoms with Gasteiger partial charge in [-0.3, -0.25) is 4.90 Å². The van der Waals surface area contributed by atoms with Crippen LogP contribution in [-0.2, 0) is 6.42 Å². The number of carbonyl (C=O) groups is 1. The molecule has 2 heterocycles. The van der Waals surface area contributed by atoms with Crippen molar-refractivity contribution >= 4 is 27.9 Å². The molecule has 1 fully saturated rings. The van der Waals surface area contributed by atoms with Crippen molar-refractivity contribution in [3.8, 4) is 0 Å². The fourth-order valence-corrected chi connectivity index (χ4v) is 3.51. The van der Waals surface area contributed by atoms with E-state index < -0.39 is 0 Å². The van der Waals surface area contributed by atoms with E-state index in [0.29, 0.717) is 13.1 Å². The van der Waals surface area contributed by atoms with Crippen LogP contribution in [0.15, 0.2) is 47.2 Å². The SMILES string of the molecule is O=C(NCCc1ccccc1Br)NCCN1CCN(c2ncccn2)CC1. The second kappa shape index (κ2) is 10.2. The van der Waals surface area contributed by atoms with E-state index in [9.17, 15) is 4.79 Å². The van der Waals surface area contributed by atoms with Crippen molar-refractivity contribution in [3.05, 3.63) is 52.8 Å². The predicted octanol–water partition coefficient (Wildman–Crippen LogP) is 1.90. The van der Waals surface area contributed by atoms with Gasteiger partial charge in [0.05, 0.1) is 0 Å². The molecule has 1 aliphatic heterocycles. The fraction of sp³-hybridized carbons (Fsp3) is 0.421. The Balaban J connectivity index is 1.28. The van der Waals surface area contributed by atoms with E-state index in [0.717, 1.165) is 49.6 Å². The number of anilines is 1. The quantitative estimate of drug-likeness (QED) is 0.698. The minimum Gasteiger partial charge on any atom is -0.338 e. The Morgan fingerprint density at radius 2 is 1.70 bits per heavy atom. The van der Waals surface area contributed by atoms with Crippen LogP contribution in [0.1, 0.15) is 5.56 Å². The molecule has 1 aromatic carbocycles. The largest absolute Gasteiger partial charge is 0.338 e. The van der Waals surface area contributed by atoms with Gasteiger partial charge in [-0.15, -0.1) is 0 Å². The molecule has 2 aromatic rings. The van der Waals surface area contributed by atoms with E-state index in [1.165, 1.54) is 5.56 Å². The lowest BCUT2D eigenvalue weighted by atomic mass is 10.1. The van der Waals surface area contributed by atoms with Gasteiger partial charge >= 0.3 is 6.03 Å². The molecule has 0 atom stereocenters. The first kappa shape index (κ1) is 19.6. The van der Waals surface area contributed by atoms with Crippen molar-refractivity contribution in [1.29, 1.82) is 0 Å². The highest BCUT2D eigenvalue weighted by Gasteiger charge is 2.18. The molecule has 0 saturated carbocycles. The second-order valence-corrected chi connectivity index (χ2v) is 7.26. The minimum absolute atomic E-state index is 0.113. The molecule has 0 spiro atoms. The van der Waals surface area contributed by atoms with Gasteiger partial charge in [0.2, 0.25) is 5.95 Å². The van der Waals surface area contributed by atoms with E-state index in [-0.39, 0.29) is 6.03 Å². The van der Waals surface area contributed by atoms with E-state index >= 15 is 0 Å². The minimum atomic E-state index is -0.113. The summed E-state index contributed by atoms with van der Waals surface area (Å²) in [7, 11) is 0. The number of urea groups is 1.